The molecule has 0 bridgehead atoms. The van der Waals surface area contributed by atoms with E-state index in [1.54, 1.807) is 0 Å². The van der Waals surface area contributed by atoms with Crippen molar-refractivity contribution in [1.82, 2.24) is 10.2 Å². The van der Waals surface area contributed by atoms with Gasteiger partial charge in [-0.3, -0.25) is 4.79 Å². The average molecular weight is 587 g/mol. The van der Waals surface area contributed by atoms with Crippen molar-refractivity contribution in [2.45, 2.75) is 163 Å². The summed E-state index contributed by atoms with van der Waals surface area (Å²) in [5.74, 6) is 5.07. The first-order valence-corrected chi connectivity index (χ1v) is 18.9. The molecule has 2 N–H and O–H groups in total. The molecule has 42 heavy (non-hydrogen) atoms. The van der Waals surface area contributed by atoms with Crippen molar-refractivity contribution >= 4 is 5.91 Å². The van der Waals surface area contributed by atoms with Crippen LogP contribution in [0.5, 0.6) is 0 Å². The molecule has 4 nitrogen and oxygen atoms in total. The SMILES string of the molecule is CCCCCCN(CCCCCC)CCNC(=O)CC[C@@H](C)[C@H]1CC[C@H]2[C@@H]3CCC4C[C@H](O)CC[C@]4(C)[C@H]3CC[C@]12C. The zero-order chi connectivity index (χ0) is 30.2. The Morgan fingerprint density at radius 1 is 0.833 bits per heavy atom. The van der Waals surface area contributed by atoms with Crippen LogP contribution in [0.3, 0.4) is 0 Å². The molecule has 4 rings (SSSR count). The Morgan fingerprint density at radius 3 is 2.19 bits per heavy atom. The maximum absolute atomic E-state index is 12.9. The van der Waals surface area contributed by atoms with Gasteiger partial charge < -0.3 is 15.3 Å². The van der Waals surface area contributed by atoms with Gasteiger partial charge in [-0.25, -0.2) is 0 Å². The molecule has 244 valence electrons. The molecule has 4 saturated carbocycles. The third-order valence-corrected chi connectivity index (χ3v) is 13.6. The molecule has 4 aliphatic rings. The lowest BCUT2D eigenvalue weighted by Gasteiger charge is -2.61. The number of hydrogen-bond acceptors (Lipinski definition) is 3. The highest BCUT2D eigenvalue weighted by atomic mass is 16.3. The van der Waals surface area contributed by atoms with E-state index in [0.717, 1.165) is 61.9 Å². The van der Waals surface area contributed by atoms with Crippen LogP contribution in [0.1, 0.15) is 157 Å². The molecule has 0 radical (unpaired) electrons. The lowest BCUT2D eigenvalue weighted by molar-refractivity contribution is -0.129. The van der Waals surface area contributed by atoms with Gasteiger partial charge in [0.1, 0.15) is 0 Å². The summed E-state index contributed by atoms with van der Waals surface area (Å²) in [5, 5.41) is 13.7. The maximum Gasteiger partial charge on any atom is 0.220 e. The monoisotopic (exact) mass is 587 g/mol. The summed E-state index contributed by atoms with van der Waals surface area (Å²) in [6, 6.07) is 0. The first-order chi connectivity index (χ1) is 20.2. The Bertz CT molecular complexity index is 805. The average Bonchev–Trinajstić information content (AvgIpc) is 3.33. The number of unbranched alkanes of at least 4 members (excludes halogenated alkanes) is 6. The Balaban J connectivity index is 1.21. The molecule has 0 aliphatic heterocycles. The number of carbonyl (C=O) groups excluding carboxylic acids is 1. The van der Waals surface area contributed by atoms with E-state index in [4.69, 9.17) is 0 Å². The summed E-state index contributed by atoms with van der Waals surface area (Å²) in [5.41, 5.74) is 0.927. The van der Waals surface area contributed by atoms with Crippen molar-refractivity contribution in [2.75, 3.05) is 26.2 Å². The summed E-state index contributed by atoms with van der Waals surface area (Å²) < 4.78 is 0. The molecule has 4 heteroatoms. The highest BCUT2D eigenvalue weighted by Gasteiger charge is 2.60. The second-order valence-corrected chi connectivity index (χ2v) is 16.1. The van der Waals surface area contributed by atoms with Crippen LogP contribution in [0, 0.1) is 46.3 Å². The number of hydrogen-bond donors (Lipinski definition) is 2. The number of rotatable bonds is 17. The van der Waals surface area contributed by atoms with Gasteiger partial charge >= 0.3 is 0 Å². The quantitative estimate of drug-likeness (QED) is 0.167. The van der Waals surface area contributed by atoms with Crippen LogP contribution in [0.25, 0.3) is 0 Å². The largest absolute Gasteiger partial charge is 0.393 e. The van der Waals surface area contributed by atoms with E-state index >= 15 is 0 Å². The predicted octanol–water partition coefficient (Wildman–Crippen LogP) is 9.00. The molecule has 0 aromatic heterocycles. The summed E-state index contributed by atoms with van der Waals surface area (Å²) in [6.45, 7) is 16.5. The fraction of sp³-hybridized carbons (Fsp3) is 0.974. The molecule has 4 aliphatic carbocycles. The van der Waals surface area contributed by atoms with Crippen molar-refractivity contribution < 1.29 is 9.90 Å². The fourth-order valence-corrected chi connectivity index (χ4v) is 11.1. The molecule has 4 fully saturated rings. The Kier molecular flexibility index (Phi) is 13.1. The van der Waals surface area contributed by atoms with Gasteiger partial charge in [-0.1, -0.05) is 73.1 Å². The van der Waals surface area contributed by atoms with E-state index in [-0.39, 0.29) is 12.0 Å². The number of fused-ring (bicyclic) bond motifs is 5. The summed E-state index contributed by atoms with van der Waals surface area (Å²) in [6.07, 6.45) is 23.8. The van der Waals surface area contributed by atoms with E-state index in [1.165, 1.54) is 109 Å². The van der Waals surface area contributed by atoms with Gasteiger partial charge in [0, 0.05) is 19.5 Å². The molecular formula is C38H70N2O2. The van der Waals surface area contributed by atoms with Crippen molar-refractivity contribution in [3.63, 3.8) is 0 Å². The molecule has 1 amide bonds. The third-order valence-electron chi connectivity index (χ3n) is 13.6. The standard InChI is InChI=1S/C38H70N2O2/c1-6-8-10-12-25-40(26-13-11-9-7-2)27-24-39-36(42)19-14-29(3)33-17-18-34-32-16-15-30-28-31(41)20-22-37(30,4)35(32)21-23-38(33,34)5/h29-35,41H,6-28H2,1-5H3,(H,39,42)/t29-,30?,31-,32+,33-,34+,35+,37+,38-/m1/s1. The molecule has 9 atom stereocenters. The lowest BCUT2D eigenvalue weighted by Crippen LogP contribution is -2.54. The maximum atomic E-state index is 12.9. The second-order valence-electron chi connectivity index (χ2n) is 16.1. The van der Waals surface area contributed by atoms with Crippen LogP contribution in [0.2, 0.25) is 0 Å². The summed E-state index contributed by atoms with van der Waals surface area (Å²) >= 11 is 0. The Labute approximate surface area is 260 Å². The number of nitrogens with one attached hydrogen (secondary N) is 1. The lowest BCUT2D eigenvalue weighted by atomic mass is 9.44. The van der Waals surface area contributed by atoms with E-state index < -0.39 is 0 Å². The Morgan fingerprint density at radius 2 is 1.50 bits per heavy atom. The molecule has 0 aromatic rings. The van der Waals surface area contributed by atoms with E-state index in [2.05, 4.69) is 44.8 Å². The van der Waals surface area contributed by atoms with Crippen LogP contribution >= 0.6 is 0 Å². The topological polar surface area (TPSA) is 52.6 Å². The molecular weight excluding hydrogens is 516 g/mol. The smallest absolute Gasteiger partial charge is 0.220 e. The van der Waals surface area contributed by atoms with Gasteiger partial charge in [0.15, 0.2) is 0 Å². The molecule has 0 spiro atoms. The third kappa shape index (κ3) is 8.15. The van der Waals surface area contributed by atoms with E-state index in [0.29, 0.717) is 23.2 Å². The normalized spacial score (nSPS) is 36.7. The van der Waals surface area contributed by atoms with Crippen LogP contribution in [-0.4, -0.2) is 48.2 Å². The second kappa shape index (κ2) is 16.1. The van der Waals surface area contributed by atoms with Crippen molar-refractivity contribution in [1.29, 1.82) is 0 Å². The van der Waals surface area contributed by atoms with Gasteiger partial charge in [-0.2, -0.15) is 0 Å². The van der Waals surface area contributed by atoms with E-state index in [1.807, 2.05) is 0 Å². The van der Waals surface area contributed by atoms with Gasteiger partial charge in [-0.15, -0.1) is 0 Å². The zero-order valence-electron chi connectivity index (χ0n) is 28.6. The molecule has 1 unspecified atom stereocenters. The summed E-state index contributed by atoms with van der Waals surface area (Å²) in [4.78, 5) is 15.5. The summed E-state index contributed by atoms with van der Waals surface area (Å²) in [7, 11) is 0. The number of aliphatic hydroxyl groups is 1. The fourth-order valence-electron chi connectivity index (χ4n) is 11.1. The van der Waals surface area contributed by atoms with E-state index in [9.17, 15) is 9.90 Å². The number of amides is 1. The van der Waals surface area contributed by atoms with Gasteiger partial charge in [0.25, 0.3) is 0 Å². The van der Waals surface area contributed by atoms with Crippen LogP contribution in [0.15, 0.2) is 0 Å². The van der Waals surface area contributed by atoms with Gasteiger partial charge in [0.05, 0.1) is 6.10 Å². The van der Waals surface area contributed by atoms with Crippen LogP contribution < -0.4 is 5.32 Å². The number of carbonyl (C=O) groups is 1. The first kappa shape index (κ1) is 34.3. The predicted molar refractivity (Wildman–Crippen MR) is 177 cm³/mol. The highest BCUT2D eigenvalue weighted by Crippen LogP contribution is 2.68. The van der Waals surface area contributed by atoms with Crippen LogP contribution in [-0.2, 0) is 4.79 Å². The molecule has 0 saturated heterocycles. The van der Waals surface area contributed by atoms with Crippen molar-refractivity contribution in [3.05, 3.63) is 0 Å². The molecule has 0 heterocycles. The van der Waals surface area contributed by atoms with Crippen molar-refractivity contribution in [3.8, 4) is 0 Å². The highest BCUT2D eigenvalue weighted by molar-refractivity contribution is 5.75. The van der Waals surface area contributed by atoms with Gasteiger partial charge in [-0.05, 0) is 136 Å². The Hall–Kier alpha value is -0.610. The minimum atomic E-state index is -0.0487. The van der Waals surface area contributed by atoms with Gasteiger partial charge in [0.2, 0.25) is 5.91 Å². The number of aliphatic hydroxyl groups excluding tert-OH is 1. The number of nitrogens with zero attached hydrogens (tertiary/aromatic N) is 1. The first-order valence-electron chi connectivity index (χ1n) is 18.9. The minimum Gasteiger partial charge on any atom is -0.393 e. The van der Waals surface area contributed by atoms with Crippen molar-refractivity contribution in [2.24, 2.45) is 46.3 Å². The molecule has 0 aromatic carbocycles. The zero-order valence-corrected chi connectivity index (χ0v) is 28.6. The minimum absolute atomic E-state index is 0.0487. The van der Waals surface area contributed by atoms with Crippen LogP contribution in [0.4, 0.5) is 0 Å².